The van der Waals surface area contributed by atoms with Gasteiger partial charge in [-0.25, -0.2) is 0 Å². The molecule has 0 spiro atoms. The van der Waals surface area contributed by atoms with Gasteiger partial charge < -0.3 is 0 Å². The van der Waals surface area contributed by atoms with Crippen LogP contribution in [0.15, 0.2) is 0 Å². The molecule has 0 unspecified atom stereocenters. The number of halogens is 2. The van der Waals surface area contributed by atoms with E-state index in [0.29, 0.717) is 0 Å². The molecule has 0 aromatic heterocycles. The van der Waals surface area contributed by atoms with Gasteiger partial charge in [0.2, 0.25) is 0 Å². The summed E-state index contributed by atoms with van der Waals surface area (Å²) in [6.07, 6.45) is 0. The normalized spacial score (nSPS) is 4.00. The molecule has 0 N–H and O–H groups in total. The first kappa shape index (κ1) is 15.7. The number of hydrogen-bond acceptors (Lipinski definition) is 2. The van der Waals surface area contributed by atoms with Gasteiger partial charge in [0.05, 0.1) is 23.7 Å². The zero-order valence-corrected chi connectivity index (χ0v) is 5.57. The Morgan fingerprint density at radius 3 is 1.33 bits per heavy atom. The first-order chi connectivity index (χ1) is 2.41. The van der Waals surface area contributed by atoms with Gasteiger partial charge in [-0.05, 0) is 0 Å². The van der Waals surface area contributed by atoms with Gasteiger partial charge >= 0.3 is 19.8 Å². The molecule has 0 atom stereocenters. The van der Waals surface area contributed by atoms with E-state index in [-0.39, 0.29) is 17.1 Å². The molecule has 0 aliphatic rings. The first-order valence-electron chi connectivity index (χ1n) is 0.432. The van der Waals surface area contributed by atoms with Gasteiger partial charge in [-0.3, -0.25) is 0 Å². The van der Waals surface area contributed by atoms with Crippen molar-refractivity contribution in [2.75, 3.05) is 0 Å². The van der Waals surface area contributed by atoms with Gasteiger partial charge in [0.25, 0.3) is 0 Å². The van der Waals surface area contributed by atoms with E-state index in [0.717, 1.165) is 0 Å². The molecule has 0 fully saturated rings. The van der Waals surface area contributed by atoms with Crippen LogP contribution in [0.3, 0.4) is 0 Å². The van der Waals surface area contributed by atoms with Crippen LogP contribution in [-0.2, 0) is 40.7 Å². The number of hydrogen-bond donors (Lipinski definition) is 0. The summed E-state index contributed by atoms with van der Waals surface area (Å²) in [5.41, 5.74) is 0. The van der Waals surface area contributed by atoms with E-state index < -0.39 is 0 Å². The van der Waals surface area contributed by atoms with E-state index >= 15 is 0 Å². The van der Waals surface area contributed by atoms with Gasteiger partial charge in [-0.1, -0.05) is 0 Å². The summed E-state index contributed by atoms with van der Waals surface area (Å²) < 4.78 is 11.0. The molecule has 0 saturated heterocycles. The Balaban J connectivity index is -0.0000000275. The summed E-state index contributed by atoms with van der Waals surface area (Å²) in [6, 6.07) is 0. The molecule has 6 heavy (non-hydrogen) atoms. The van der Waals surface area contributed by atoms with Crippen molar-refractivity contribution < 1.29 is 40.7 Å². The van der Waals surface area contributed by atoms with Crippen LogP contribution in [0.25, 0.3) is 0 Å². The average Bonchev–Trinajstić information content (AvgIpc) is 1.46. The van der Waals surface area contributed by atoms with Crippen molar-refractivity contribution in [3.8, 4) is 0 Å². The van der Waals surface area contributed by atoms with Crippen molar-refractivity contribution in [2.45, 2.75) is 0 Å². The summed E-state index contributed by atoms with van der Waals surface area (Å²) in [7, 11) is 0. The zero-order chi connectivity index (χ0) is 4.71. The molecular formula is Cl2Cu2O2. The van der Waals surface area contributed by atoms with Gasteiger partial charge in [-0.15, -0.1) is 0 Å². The van der Waals surface area contributed by atoms with Crippen molar-refractivity contribution in [1.29, 1.82) is 0 Å². The van der Waals surface area contributed by atoms with E-state index in [4.69, 9.17) is 3.83 Å². The summed E-state index contributed by atoms with van der Waals surface area (Å²) in [6.45, 7) is 0. The Morgan fingerprint density at radius 2 is 1.33 bits per heavy atom. The Bertz CT molecular complexity index is 13.5. The molecule has 0 bridgehead atoms. The van der Waals surface area contributed by atoms with Gasteiger partial charge in [0, 0.05) is 17.1 Å². The van der Waals surface area contributed by atoms with Crippen molar-refractivity contribution in [2.24, 2.45) is 0 Å². The van der Waals surface area contributed by atoms with Crippen molar-refractivity contribution in [3.63, 3.8) is 0 Å². The average molecular weight is 230 g/mol. The Labute approximate surface area is 64.3 Å². The summed E-state index contributed by atoms with van der Waals surface area (Å²) >= 11 is 11.5. The standard InChI is InChI=1S/Cl2O.2Cu.O/c1-3-2;;;. The first-order valence-corrected chi connectivity index (χ1v) is 1.43. The second-order valence-electron chi connectivity index (χ2n) is 0.0583. The van der Waals surface area contributed by atoms with E-state index in [2.05, 4.69) is 43.5 Å². The molecule has 0 aromatic carbocycles. The van der Waals surface area contributed by atoms with Crippen molar-refractivity contribution in [3.05, 3.63) is 0 Å². The maximum atomic E-state index is 7.81. The fourth-order valence-electron chi connectivity index (χ4n) is 0. The van der Waals surface area contributed by atoms with Crippen LogP contribution in [0.5, 0.6) is 0 Å². The molecule has 0 aliphatic heterocycles. The fourth-order valence-corrected chi connectivity index (χ4v) is 0. The quantitative estimate of drug-likeness (QED) is 0.584. The van der Waals surface area contributed by atoms with E-state index in [9.17, 15) is 0 Å². The molecule has 0 rings (SSSR count). The molecule has 0 heterocycles. The van der Waals surface area contributed by atoms with Crippen LogP contribution in [-0.4, -0.2) is 0 Å². The van der Waals surface area contributed by atoms with E-state index in [1.54, 1.807) is 0 Å². The molecule has 0 saturated carbocycles. The van der Waals surface area contributed by atoms with Crippen LogP contribution in [0.1, 0.15) is 0 Å². The molecule has 0 aliphatic carbocycles. The van der Waals surface area contributed by atoms with Crippen LogP contribution < -0.4 is 0 Å². The predicted molar refractivity (Wildman–Crippen MR) is 13.5 cm³/mol. The monoisotopic (exact) mass is 228 g/mol. The molecule has 1 radical (unpaired) electrons. The Hall–Kier alpha value is 1.38. The van der Waals surface area contributed by atoms with Gasteiger partial charge in [-0.2, -0.15) is 3.84 Å². The molecule has 0 amide bonds. The molecule has 48 valence electrons. The fraction of sp³-hybridized carbons (Fsp3) is 0. The van der Waals surface area contributed by atoms with Crippen LogP contribution in [0, 0.1) is 0 Å². The third-order valence-electron chi connectivity index (χ3n) is 0. The Morgan fingerprint density at radius 1 is 1.33 bits per heavy atom. The summed E-state index contributed by atoms with van der Waals surface area (Å²) in [4.78, 5) is 0. The molecule has 0 aromatic rings. The Kier molecular flexibility index (Phi) is 85.1. The number of rotatable bonds is 0. The van der Waals surface area contributed by atoms with Crippen molar-refractivity contribution >= 4 is 23.7 Å². The molecular weight excluding hydrogens is 230 g/mol. The van der Waals surface area contributed by atoms with Gasteiger partial charge in [0.1, 0.15) is 0 Å². The second-order valence-corrected chi connectivity index (χ2v) is 0.525. The van der Waals surface area contributed by atoms with E-state index in [1.807, 2.05) is 0 Å². The maximum absolute atomic E-state index is 7.81. The van der Waals surface area contributed by atoms with Crippen molar-refractivity contribution in [1.82, 2.24) is 0 Å². The topological polar surface area (TPSA) is 26.3 Å². The minimum absolute atomic E-state index is 0. The zero-order valence-electron chi connectivity index (χ0n) is 2.18. The van der Waals surface area contributed by atoms with Crippen LogP contribution in [0.2, 0.25) is 0 Å². The third-order valence-corrected chi connectivity index (χ3v) is 0. The SMILES string of the molecule is ClOCl.[Cu].[O]=[Cu]. The molecule has 6 heteroatoms. The molecule has 2 nitrogen and oxygen atoms in total. The minimum atomic E-state index is 0. The van der Waals surface area contributed by atoms with Crippen LogP contribution >= 0.6 is 23.7 Å². The van der Waals surface area contributed by atoms with E-state index in [1.165, 1.54) is 0 Å². The summed E-state index contributed by atoms with van der Waals surface area (Å²) in [5.74, 6) is 0. The third kappa shape index (κ3) is 54.2. The van der Waals surface area contributed by atoms with Gasteiger partial charge in [0.15, 0.2) is 0 Å². The summed E-state index contributed by atoms with van der Waals surface area (Å²) in [5, 5.41) is 0. The van der Waals surface area contributed by atoms with Crippen LogP contribution in [0.4, 0.5) is 0 Å². The second kappa shape index (κ2) is 32.6. The predicted octanol–water partition coefficient (Wildman–Crippen LogP) is 1.19.